The first-order chi connectivity index (χ1) is 9.35. The molecule has 0 aliphatic heterocycles. The van der Waals surface area contributed by atoms with Crippen molar-refractivity contribution in [3.05, 3.63) is 23.9 Å². The van der Waals surface area contributed by atoms with Crippen molar-refractivity contribution in [2.24, 2.45) is 5.92 Å². The minimum absolute atomic E-state index is 0.128. The maximum absolute atomic E-state index is 4.84. The molecular formula is C17H29N3. The molecule has 2 rings (SSSR count). The molecule has 3 nitrogen and oxygen atoms in total. The van der Waals surface area contributed by atoms with Crippen LogP contribution in [0.3, 0.4) is 0 Å². The van der Waals surface area contributed by atoms with Crippen LogP contribution in [0.4, 0.5) is 5.82 Å². The number of rotatable bonds is 6. The topological polar surface area (TPSA) is 28.2 Å². The first kappa shape index (κ1) is 15.3. The van der Waals surface area contributed by atoms with E-state index in [9.17, 15) is 0 Å². The van der Waals surface area contributed by atoms with Crippen LogP contribution in [0.2, 0.25) is 0 Å². The van der Waals surface area contributed by atoms with E-state index in [1.807, 2.05) is 0 Å². The lowest BCUT2D eigenvalue weighted by molar-refractivity contribution is 0.421. The van der Waals surface area contributed by atoms with Gasteiger partial charge in [0.25, 0.3) is 0 Å². The molecule has 1 aromatic rings. The predicted octanol–water partition coefficient (Wildman–Crippen LogP) is 3.59. The molecule has 1 aliphatic rings. The molecule has 0 unspecified atom stereocenters. The summed E-state index contributed by atoms with van der Waals surface area (Å²) in [6, 6.07) is 6.89. The number of nitrogens with one attached hydrogen (secondary N) is 1. The largest absolute Gasteiger partial charge is 0.354 e. The molecule has 112 valence electrons. The first-order valence-corrected chi connectivity index (χ1v) is 7.83. The molecule has 0 atom stereocenters. The highest BCUT2D eigenvalue weighted by Gasteiger charge is 2.26. The highest BCUT2D eigenvalue weighted by Crippen LogP contribution is 2.31. The lowest BCUT2D eigenvalue weighted by Crippen LogP contribution is -2.36. The second kappa shape index (κ2) is 6.13. The zero-order chi connectivity index (χ0) is 14.8. The Kier molecular flexibility index (Phi) is 4.69. The fraction of sp³-hybridized carbons (Fsp3) is 0.706. The summed E-state index contributed by atoms with van der Waals surface area (Å²) in [5, 5.41) is 3.51. The quantitative estimate of drug-likeness (QED) is 0.860. The summed E-state index contributed by atoms with van der Waals surface area (Å²) in [7, 11) is 0. The Morgan fingerprint density at radius 3 is 2.55 bits per heavy atom. The number of pyridine rings is 1. The van der Waals surface area contributed by atoms with Crippen LogP contribution in [-0.2, 0) is 6.54 Å². The van der Waals surface area contributed by atoms with Gasteiger partial charge >= 0.3 is 0 Å². The van der Waals surface area contributed by atoms with Gasteiger partial charge in [-0.05, 0) is 65.5 Å². The molecular weight excluding hydrogens is 246 g/mol. The standard InChI is InChI=1S/C17H29N3/c1-13(2)20(12-14-9-10-14)16-8-6-7-15(19-16)11-18-17(3,4)5/h6-8,13-14,18H,9-12H2,1-5H3. The Balaban J connectivity index is 2.06. The van der Waals surface area contributed by atoms with E-state index in [1.54, 1.807) is 0 Å². The Labute approximate surface area is 123 Å². The SMILES string of the molecule is CC(C)N(CC1CC1)c1cccc(CNC(C)(C)C)n1. The second-order valence-corrected chi connectivity index (χ2v) is 7.28. The molecule has 3 heteroatoms. The third kappa shape index (κ3) is 4.78. The highest BCUT2D eigenvalue weighted by molar-refractivity contribution is 5.40. The van der Waals surface area contributed by atoms with E-state index < -0.39 is 0 Å². The van der Waals surface area contributed by atoms with Crippen molar-refractivity contribution in [1.82, 2.24) is 10.3 Å². The Bertz CT molecular complexity index is 430. The summed E-state index contributed by atoms with van der Waals surface area (Å²) in [5.74, 6) is 2.01. The lowest BCUT2D eigenvalue weighted by atomic mass is 10.1. The van der Waals surface area contributed by atoms with Gasteiger partial charge in [-0.1, -0.05) is 6.07 Å². The van der Waals surface area contributed by atoms with E-state index >= 15 is 0 Å². The first-order valence-electron chi connectivity index (χ1n) is 7.83. The fourth-order valence-corrected chi connectivity index (χ4v) is 2.23. The van der Waals surface area contributed by atoms with E-state index in [0.29, 0.717) is 6.04 Å². The van der Waals surface area contributed by atoms with Crippen LogP contribution in [0.15, 0.2) is 18.2 Å². The van der Waals surface area contributed by atoms with Gasteiger partial charge in [0.2, 0.25) is 0 Å². The summed E-state index contributed by atoms with van der Waals surface area (Å²) in [6.45, 7) is 13.0. The number of hydrogen-bond acceptors (Lipinski definition) is 3. The molecule has 1 saturated carbocycles. The summed E-state index contributed by atoms with van der Waals surface area (Å²) in [5.41, 5.74) is 1.25. The van der Waals surface area contributed by atoms with Gasteiger partial charge in [-0.25, -0.2) is 4.98 Å². The van der Waals surface area contributed by atoms with Crippen molar-refractivity contribution in [2.75, 3.05) is 11.4 Å². The van der Waals surface area contributed by atoms with E-state index in [-0.39, 0.29) is 5.54 Å². The molecule has 20 heavy (non-hydrogen) atoms. The molecule has 1 N–H and O–H groups in total. The summed E-state index contributed by atoms with van der Waals surface area (Å²) >= 11 is 0. The van der Waals surface area contributed by atoms with Crippen LogP contribution in [-0.4, -0.2) is 23.1 Å². The van der Waals surface area contributed by atoms with Gasteiger partial charge in [0.05, 0.1) is 5.69 Å². The monoisotopic (exact) mass is 275 g/mol. The number of aromatic nitrogens is 1. The Morgan fingerprint density at radius 1 is 1.30 bits per heavy atom. The smallest absolute Gasteiger partial charge is 0.129 e. The van der Waals surface area contributed by atoms with Crippen LogP contribution in [0, 0.1) is 5.92 Å². The molecule has 1 fully saturated rings. The number of nitrogens with zero attached hydrogens (tertiary/aromatic N) is 2. The van der Waals surface area contributed by atoms with Crippen LogP contribution < -0.4 is 10.2 Å². The Hall–Kier alpha value is -1.09. The molecule has 1 heterocycles. The van der Waals surface area contributed by atoms with E-state index in [2.05, 4.69) is 63.0 Å². The van der Waals surface area contributed by atoms with Crippen molar-refractivity contribution >= 4 is 5.82 Å². The maximum Gasteiger partial charge on any atom is 0.129 e. The minimum Gasteiger partial charge on any atom is -0.354 e. The minimum atomic E-state index is 0.128. The molecule has 0 radical (unpaired) electrons. The number of anilines is 1. The zero-order valence-electron chi connectivity index (χ0n) is 13.6. The predicted molar refractivity (Wildman–Crippen MR) is 86.0 cm³/mol. The second-order valence-electron chi connectivity index (χ2n) is 7.28. The van der Waals surface area contributed by atoms with Gasteiger partial charge in [-0.15, -0.1) is 0 Å². The van der Waals surface area contributed by atoms with Crippen molar-refractivity contribution < 1.29 is 0 Å². The van der Waals surface area contributed by atoms with Gasteiger partial charge in [0.1, 0.15) is 5.82 Å². The maximum atomic E-state index is 4.84. The molecule has 0 spiro atoms. The van der Waals surface area contributed by atoms with E-state index in [1.165, 1.54) is 12.8 Å². The molecule has 0 aromatic carbocycles. The van der Waals surface area contributed by atoms with Crippen molar-refractivity contribution in [2.45, 2.75) is 65.6 Å². The van der Waals surface area contributed by atoms with Gasteiger partial charge < -0.3 is 10.2 Å². The van der Waals surface area contributed by atoms with Crippen LogP contribution in [0.25, 0.3) is 0 Å². The summed E-state index contributed by atoms with van der Waals surface area (Å²) in [6.07, 6.45) is 2.77. The van der Waals surface area contributed by atoms with Gasteiger partial charge in [0.15, 0.2) is 0 Å². The van der Waals surface area contributed by atoms with Gasteiger partial charge in [0, 0.05) is 24.7 Å². The normalized spacial score (nSPS) is 15.7. The van der Waals surface area contributed by atoms with Crippen LogP contribution >= 0.6 is 0 Å². The molecule has 0 amide bonds. The average molecular weight is 275 g/mol. The van der Waals surface area contributed by atoms with E-state index in [0.717, 1.165) is 30.5 Å². The molecule has 1 aliphatic carbocycles. The third-order valence-electron chi connectivity index (χ3n) is 3.66. The molecule has 0 saturated heterocycles. The third-order valence-corrected chi connectivity index (χ3v) is 3.66. The molecule has 0 bridgehead atoms. The average Bonchev–Trinajstić information content (AvgIpc) is 3.16. The van der Waals surface area contributed by atoms with Gasteiger partial charge in [-0.3, -0.25) is 0 Å². The van der Waals surface area contributed by atoms with Crippen LogP contribution in [0.1, 0.15) is 53.2 Å². The zero-order valence-corrected chi connectivity index (χ0v) is 13.6. The number of hydrogen-bond donors (Lipinski definition) is 1. The van der Waals surface area contributed by atoms with Crippen LogP contribution in [0.5, 0.6) is 0 Å². The van der Waals surface area contributed by atoms with Crippen molar-refractivity contribution in [3.8, 4) is 0 Å². The van der Waals surface area contributed by atoms with Gasteiger partial charge in [-0.2, -0.15) is 0 Å². The van der Waals surface area contributed by atoms with Crippen molar-refractivity contribution in [1.29, 1.82) is 0 Å². The summed E-state index contributed by atoms with van der Waals surface area (Å²) in [4.78, 5) is 7.28. The fourth-order valence-electron chi connectivity index (χ4n) is 2.23. The molecule has 1 aromatic heterocycles. The Morgan fingerprint density at radius 2 is 2.00 bits per heavy atom. The van der Waals surface area contributed by atoms with Crippen molar-refractivity contribution in [3.63, 3.8) is 0 Å². The highest BCUT2D eigenvalue weighted by atomic mass is 15.2. The summed E-state index contributed by atoms with van der Waals surface area (Å²) < 4.78 is 0. The lowest BCUT2D eigenvalue weighted by Gasteiger charge is -2.28. The van der Waals surface area contributed by atoms with E-state index in [4.69, 9.17) is 4.98 Å².